The van der Waals surface area contributed by atoms with E-state index in [9.17, 15) is 4.39 Å². The summed E-state index contributed by atoms with van der Waals surface area (Å²) in [7, 11) is 0. The average Bonchev–Trinajstić information content (AvgIpc) is 3.25. The van der Waals surface area contributed by atoms with E-state index >= 15 is 0 Å². The Balaban J connectivity index is 1.32. The first-order valence-corrected chi connectivity index (χ1v) is 10.9. The van der Waals surface area contributed by atoms with Crippen molar-refractivity contribution in [2.45, 2.75) is 19.6 Å². The van der Waals surface area contributed by atoms with Crippen molar-refractivity contribution in [2.24, 2.45) is 0 Å². The van der Waals surface area contributed by atoms with Crippen LogP contribution in [0.3, 0.4) is 0 Å². The van der Waals surface area contributed by atoms with Crippen LogP contribution in [-0.2, 0) is 19.6 Å². The van der Waals surface area contributed by atoms with Crippen LogP contribution in [0.4, 0.5) is 4.39 Å². The number of hydrogen-bond acceptors (Lipinski definition) is 2. The predicted octanol–water partition coefficient (Wildman–Crippen LogP) is 6.37. The molecule has 0 aliphatic carbocycles. The fourth-order valence-corrected chi connectivity index (χ4v) is 4.18. The summed E-state index contributed by atoms with van der Waals surface area (Å²) in [5.74, 6) is 0.540. The second kappa shape index (κ2) is 9.25. The molecule has 4 heteroatoms. The zero-order valence-electron chi connectivity index (χ0n) is 17.8. The van der Waals surface area contributed by atoms with Gasteiger partial charge in [-0.2, -0.15) is 0 Å². The van der Waals surface area contributed by atoms with Gasteiger partial charge in [0, 0.05) is 34.8 Å². The van der Waals surface area contributed by atoms with Crippen LogP contribution in [0.25, 0.3) is 21.7 Å². The lowest BCUT2D eigenvalue weighted by Gasteiger charge is -2.15. The summed E-state index contributed by atoms with van der Waals surface area (Å²) in [6.07, 6.45) is 3.02. The van der Waals surface area contributed by atoms with Gasteiger partial charge in [0.05, 0.1) is 0 Å². The summed E-state index contributed by atoms with van der Waals surface area (Å²) < 4.78 is 20.1. The van der Waals surface area contributed by atoms with Gasteiger partial charge in [-0.15, -0.1) is 0 Å². The van der Waals surface area contributed by atoms with Crippen molar-refractivity contribution in [3.05, 3.63) is 114 Å². The molecule has 0 amide bonds. The van der Waals surface area contributed by atoms with Crippen molar-refractivity contribution in [3.63, 3.8) is 0 Å². The molecule has 1 heterocycles. The van der Waals surface area contributed by atoms with Crippen LogP contribution in [0.5, 0.6) is 5.75 Å². The standard InChI is InChI=1S/C28H25FN2O/c29-26-11-5-2-8-22(26)19-32-28-14-13-20-7-1-3-9-23(20)25(28)18-30-16-15-21-17-31-27-12-6-4-10-24(21)27/h1-14,17,30-31H,15-16,18-19H2. The smallest absolute Gasteiger partial charge is 0.129 e. The van der Waals surface area contributed by atoms with E-state index in [1.54, 1.807) is 12.1 Å². The molecule has 1 aromatic heterocycles. The van der Waals surface area contributed by atoms with Gasteiger partial charge in [0.1, 0.15) is 18.2 Å². The largest absolute Gasteiger partial charge is 0.488 e. The van der Waals surface area contributed by atoms with E-state index < -0.39 is 0 Å². The van der Waals surface area contributed by atoms with Gasteiger partial charge in [-0.3, -0.25) is 0 Å². The number of aromatic nitrogens is 1. The van der Waals surface area contributed by atoms with E-state index in [4.69, 9.17) is 4.74 Å². The van der Waals surface area contributed by atoms with Gasteiger partial charge in [0.2, 0.25) is 0 Å². The number of para-hydroxylation sites is 1. The molecule has 0 fully saturated rings. The van der Waals surface area contributed by atoms with Gasteiger partial charge in [0.25, 0.3) is 0 Å². The minimum Gasteiger partial charge on any atom is -0.488 e. The Morgan fingerprint density at radius 1 is 0.781 bits per heavy atom. The van der Waals surface area contributed by atoms with Crippen LogP contribution in [0, 0.1) is 5.82 Å². The summed E-state index contributed by atoms with van der Waals surface area (Å²) in [6.45, 7) is 1.72. The van der Waals surface area contributed by atoms with Crippen LogP contribution in [0.15, 0.2) is 91.1 Å². The number of fused-ring (bicyclic) bond motifs is 2. The zero-order chi connectivity index (χ0) is 21.8. The molecule has 0 saturated carbocycles. The highest BCUT2D eigenvalue weighted by molar-refractivity contribution is 5.87. The molecule has 160 valence electrons. The van der Waals surface area contributed by atoms with Crippen molar-refractivity contribution in [1.29, 1.82) is 0 Å². The second-order valence-corrected chi connectivity index (χ2v) is 7.93. The fourth-order valence-electron chi connectivity index (χ4n) is 4.18. The Bertz CT molecular complexity index is 1360. The first-order chi connectivity index (χ1) is 15.8. The van der Waals surface area contributed by atoms with E-state index in [-0.39, 0.29) is 12.4 Å². The van der Waals surface area contributed by atoms with Crippen LogP contribution in [0.1, 0.15) is 16.7 Å². The highest BCUT2D eigenvalue weighted by Crippen LogP contribution is 2.29. The number of H-pyrrole nitrogens is 1. The third-order valence-electron chi connectivity index (χ3n) is 5.89. The van der Waals surface area contributed by atoms with E-state index in [0.717, 1.165) is 29.7 Å². The molecular weight excluding hydrogens is 399 g/mol. The minimum absolute atomic E-state index is 0.202. The topological polar surface area (TPSA) is 37.0 Å². The Kier molecular flexibility index (Phi) is 5.86. The third kappa shape index (κ3) is 4.23. The highest BCUT2D eigenvalue weighted by Gasteiger charge is 2.11. The molecule has 0 bridgehead atoms. The summed E-state index contributed by atoms with van der Waals surface area (Å²) >= 11 is 0. The number of ether oxygens (including phenoxy) is 1. The van der Waals surface area contributed by atoms with Crippen molar-refractivity contribution in [3.8, 4) is 5.75 Å². The summed E-state index contributed by atoms with van der Waals surface area (Å²) in [6, 6.07) is 27.5. The molecule has 3 nitrogen and oxygen atoms in total. The lowest BCUT2D eigenvalue weighted by molar-refractivity contribution is 0.296. The number of nitrogens with one attached hydrogen (secondary N) is 2. The summed E-state index contributed by atoms with van der Waals surface area (Å²) in [5, 5.41) is 7.17. The molecular formula is C28H25FN2O. The lowest BCUT2D eigenvalue weighted by atomic mass is 10.0. The lowest BCUT2D eigenvalue weighted by Crippen LogP contribution is -2.17. The van der Waals surface area contributed by atoms with Crippen molar-refractivity contribution in [2.75, 3.05) is 6.54 Å². The highest BCUT2D eigenvalue weighted by atomic mass is 19.1. The van der Waals surface area contributed by atoms with Crippen molar-refractivity contribution in [1.82, 2.24) is 10.3 Å². The van der Waals surface area contributed by atoms with E-state index in [1.165, 1.54) is 27.9 Å². The van der Waals surface area contributed by atoms with Gasteiger partial charge < -0.3 is 15.0 Å². The average molecular weight is 425 g/mol. The number of aromatic amines is 1. The Hall–Kier alpha value is -3.63. The Labute approximate surface area is 186 Å². The second-order valence-electron chi connectivity index (χ2n) is 7.93. The molecule has 4 aromatic carbocycles. The SMILES string of the molecule is Fc1ccccc1COc1ccc2ccccc2c1CNCCc1c[nH]c2ccccc12. The van der Waals surface area contributed by atoms with E-state index in [1.807, 2.05) is 30.3 Å². The maximum Gasteiger partial charge on any atom is 0.129 e. The first kappa shape index (κ1) is 20.3. The minimum atomic E-state index is -0.244. The van der Waals surface area contributed by atoms with Gasteiger partial charge >= 0.3 is 0 Å². The maximum absolute atomic E-state index is 14.0. The molecule has 0 aliphatic rings. The molecule has 0 saturated heterocycles. The third-order valence-corrected chi connectivity index (χ3v) is 5.89. The van der Waals surface area contributed by atoms with Crippen LogP contribution in [-0.4, -0.2) is 11.5 Å². The normalized spacial score (nSPS) is 11.3. The van der Waals surface area contributed by atoms with Crippen molar-refractivity contribution >= 4 is 21.7 Å². The number of hydrogen-bond donors (Lipinski definition) is 2. The van der Waals surface area contributed by atoms with Gasteiger partial charge in [-0.1, -0.05) is 66.7 Å². The van der Waals surface area contributed by atoms with Crippen molar-refractivity contribution < 1.29 is 9.13 Å². The van der Waals surface area contributed by atoms with Gasteiger partial charge in [-0.05, 0) is 47.5 Å². The zero-order valence-corrected chi connectivity index (χ0v) is 17.8. The number of benzene rings is 4. The number of rotatable bonds is 8. The number of halogens is 1. The van der Waals surface area contributed by atoms with E-state index in [2.05, 4.69) is 52.9 Å². The molecule has 0 spiro atoms. The van der Waals surface area contributed by atoms with Gasteiger partial charge in [0.15, 0.2) is 0 Å². The van der Waals surface area contributed by atoms with Gasteiger partial charge in [-0.25, -0.2) is 4.39 Å². The Morgan fingerprint density at radius 3 is 2.47 bits per heavy atom. The molecule has 5 aromatic rings. The molecule has 0 unspecified atom stereocenters. The Morgan fingerprint density at radius 2 is 1.56 bits per heavy atom. The first-order valence-electron chi connectivity index (χ1n) is 10.9. The maximum atomic E-state index is 14.0. The van der Waals surface area contributed by atoms with Crippen LogP contribution < -0.4 is 10.1 Å². The van der Waals surface area contributed by atoms with E-state index in [0.29, 0.717) is 12.1 Å². The van der Waals surface area contributed by atoms with Crippen LogP contribution >= 0.6 is 0 Å². The molecule has 32 heavy (non-hydrogen) atoms. The fraction of sp³-hybridized carbons (Fsp3) is 0.143. The summed E-state index contributed by atoms with van der Waals surface area (Å²) in [4.78, 5) is 3.34. The monoisotopic (exact) mass is 424 g/mol. The molecule has 5 rings (SSSR count). The predicted molar refractivity (Wildman–Crippen MR) is 128 cm³/mol. The molecule has 0 atom stereocenters. The molecule has 0 radical (unpaired) electrons. The quantitative estimate of drug-likeness (QED) is 0.284. The molecule has 0 aliphatic heterocycles. The summed E-state index contributed by atoms with van der Waals surface area (Å²) in [5.41, 5.74) is 4.12. The molecule has 2 N–H and O–H groups in total. The van der Waals surface area contributed by atoms with Crippen LogP contribution in [0.2, 0.25) is 0 Å².